The zero-order valence-electron chi connectivity index (χ0n) is 12.9. The van der Waals surface area contributed by atoms with E-state index >= 15 is 0 Å². The SMILES string of the molecule is CCc1nc2c(n1C)C(=O)c1cc3ccccc3cc1/C2=N\O. The molecule has 0 aliphatic heterocycles. The number of benzene rings is 2. The lowest BCUT2D eigenvalue weighted by molar-refractivity contribution is 0.103. The average molecular weight is 305 g/mol. The summed E-state index contributed by atoms with van der Waals surface area (Å²) in [6.45, 7) is 1.98. The van der Waals surface area contributed by atoms with Crippen LogP contribution in [0.5, 0.6) is 0 Å². The molecule has 1 N–H and O–H groups in total. The van der Waals surface area contributed by atoms with Gasteiger partial charge in [0.25, 0.3) is 0 Å². The van der Waals surface area contributed by atoms with Crippen LogP contribution in [0, 0.1) is 0 Å². The predicted molar refractivity (Wildman–Crippen MR) is 87.4 cm³/mol. The molecule has 114 valence electrons. The number of oxime groups is 1. The van der Waals surface area contributed by atoms with Crippen LogP contribution in [0.25, 0.3) is 10.8 Å². The molecular formula is C18H15N3O2. The number of nitrogens with zero attached hydrogens (tertiary/aromatic N) is 3. The Bertz CT molecular complexity index is 999. The Morgan fingerprint density at radius 2 is 1.83 bits per heavy atom. The number of aromatic nitrogens is 2. The van der Waals surface area contributed by atoms with Crippen LogP contribution in [-0.4, -0.2) is 26.3 Å². The maximum atomic E-state index is 13.0. The number of fused-ring (bicyclic) bond motifs is 3. The van der Waals surface area contributed by atoms with Crippen molar-refractivity contribution < 1.29 is 10.0 Å². The number of aryl methyl sites for hydroxylation is 1. The van der Waals surface area contributed by atoms with Crippen molar-refractivity contribution in [2.75, 3.05) is 0 Å². The first-order valence-electron chi connectivity index (χ1n) is 7.51. The summed E-state index contributed by atoms with van der Waals surface area (Å²) in [5.74, 6) is 0.713. The average Bonchev–Trinajstić information content (AvgIpc) is 2.91. The molecule has 5 nitrogen and oxygen atoms in total. The fourth-order valence-corrected chi connectivity index (χ4v) is 3.27. The standard InChI is InChI=1S/C18H15N3O2/c1-3-14-19-16-15(20-23)12-8-10-6-4-5-7-11(10)9-13(12)18(22)17(16)21(14)2/h4-9,23H,3H2,1-2H3/b20-15+. The van der Waals surface area contributed by atoms with E-state index in [0.717, 1.165) is 16.6 Å². The van der Waals surface area contributed by atoms with Crippen LogP contribution in [0.15, 0.2) is 41.6 Å². The van der Waals surface area contributed by atoms with E-state index in [1.54, 1.807) is 4.57 Å². The Morgan fingerprint density at radius 3 is 2.43 bits per heavy atom. The Kier molecular flexibility index (Phi) is 2.84. The lowest BCUT2D eigenvalue weighted by atomic mass is 9.87. The molecular weight excluding hydrogens is 290 g/mol. The monoisotopic (exact) mass is 305 g/mol. The first-order valence-corrected chi connectivity index (χ1v) is 7.51. The first kappa shape index (κ1) is 13.7. The molecule has 0 unspecified atom stereocenters. The van der Waals surface area contributed by atoms with Gasteiger partial charge in [-0.05, 0) is 22.9 Å². The van der Waals surface area contributed by atoms with Crippen molar-refractivity contribution in [1.82, 2.24) is 9.55 Å². The van der Waals surface area contributed by atoms with Crippen molar-refractivity contribution in [3.63, 3.8) is 0 Å². The third-order valence-corrected chi connectivity index (χ3v) is 4.43. The third-order valence-electron chi connectivity index (χ3n) is 4.43. The van der Waals surface area contributed by atoms with Crippen LogP contribution in [0.3, 0.4) is 0 Å². The Labute approximate surface area is 132 Å². The summed E-state index contributed by atoms with van der Waals surface area (Å²) in [7, 11) is 1.82. The number of rotatable bonds is 1. The van der Waals surface area contributed by atoms with Crippen molar-refractivity contribution in [2.45, 2.75) is 13.3 Å². The Hall–Kier alpha value is -2.95. The minimum absolute atomic E-state index is 0.0807. The number of imidazole rings is 1. The van der Waals surface area contributed by atoms with Gasteiger partial charge in [-0.2, -0.15) is 0 Å². The van der Waals surface area contributed by atoms with Crippen LogP contribution < -0.4 is 0 Å². The molecule has 0 bridgehead atoms. The van der Waals surface area contributed by atoms with Gasteiger partial charge in [-0.25, -0.2) is 4.98 Å². The van der Waals surface area contributed by atoms with Crippen LogP contribution in [0.2, 0.25) is 0 Å². The third kappa shape index (κ3) is 1.76. The fourth-order valence-electron chi connectivity index (χ4n) is 3.27. The summed E-state index contributed by atoms with van der Waals surface area (Å²) in [5.41, 5.74) is 2.48. The largest absolute Gasteiger partial charge is 0.410 e. The quantitative estimate of drug-likeness (QED) is 0.434. The number of ketones is 1. The van der Waals surface area contributed by atoms with Crippen molar-refractivity contribution in [3.8, 4) is 0 Å². The maximum absolute atomic E-state index is 13.0. The molecule has 4 rings (SSSR count). The van der Waals surface area contributed by atoms with Gasteiger partial charge in [-0.3, -0.25) is 4.79 Å². The molecule has 5 heteroatoms. The number of carbonyl (C=O) groups is 1. The van der Waals surface area contributed by atoms with Gasteiger partial charge in [0.2, 0.25) is 5.78 Å². The molecule has 0 radical (unpaired) electrons. The Morgan fingerprint density at radius 1 is 1.17 bits per heavy atom. The highest BCUT2D eigenvalue weighted by Crippen LogP contribution is 2.31. The highest BCUT2D eigenvalue weighted by molar-refractivity contribution is 6.29. The van der Waals surface area contributed by atoms with E-state index in [4.69, 9.17) is 0 Å². The van der Waals surface area contributed by atoms with Gasteiger partial charge >= 0.3 is 0 Å². The zero-order valence-corrected chi connectivity index (χ0v) is 12.9. The van der Waals surface area contributed by atoms with Crippen molar-refractivity contribution in [3.05, 3.63) is 64.7 Å². The summed E-state index contributed by atoms with van der Waals surface area (Å²) < 4.78 is 1.79. The van der Waals surface area contributed by atoms with Crippen molar-refractivity contribution >= 4 is 22.3 Å². The van der Waals surface area contributed by atoms with E-state index in [9.17, 15) is 10.0 Å². The number of hydrogen-bond acceptors (Lipinski definition) is 4. The van der Waals surface area contributed by atoms with Crippen molar-refractivity contribution in [1.29, 1.82) is 0 Å². The number of carbonyl (C=O) groups excluding carboxylic acids is 1. The van der Waals surface area contributed by atoms with Gasteiger partial charge in [0, 0.05) is 24.6 Å². The fraction of sp³-hybridized carbons (Fsp3) is 0.167. The van der Waals surface area contributed by atoms with Gasteiger partial charge in [0.05, 0.1) is 0 Å². The Balaban J connectivity index is 2.08. The molecule has 1 aliphatic carbocycles. The van der Waals surface area contributed by atoms with Crippen LogP contribution in [0.1, 0.15) is 40.1 Å². The van der Waals surface area contributed by atoms with E-state index in [2.05, 4.69) is 10.1 Å². The molecule has 0 spiro atoms. The van der Waals surface area contributed by atoms with Gasteiger partial charge in [0.1, 0.15) is 22.9 Å². The second-order valence-electron chi connectivity index (χ2n) is 5.66. The molecule has 2 aromatic carbocycles. The molecule has 0 saturated carbocycles. The lowest BCUT2D eigenvalue weighted by Gasteiger charge is -2.17. The van der Waals surface area contributed by atoms with Crippen LogP contribution in [-0.2, 0) is 13.5 Å². The summed E-state index contributed by atoms with van der Waals surface area (Å²) >= 11 is 0. The predicted octanol–water partition coefficient (Wildman–Crippen LogP) is 2.91. The summed E-state index contributed by atoms with van der Waals surface area (Å²) in [6, 6.07) is 11.6. The molecule has 1 aromatic heterocycles. The number of hydrogen-bond donors (Lipinski definition) is 1. The second-order valence-corrected chi connectivity index (χ2v) is 5.66. The first-order chi connectivity index (χ1) is 11.2. The molecule has 3 aromatic rings. The normalized spacial score (nSPS) is 15.0. The molecule has 1 aliphatic rings. The smallest absolute Gasteiger partial charge is 0.212 e. The minimum Gasteiger partial charge on any atom is -0.410 e. The van der Waals surface area contributed by atoms with Crippen molar-refractivity contribution in [2.24, 2.45) is 12.2 Å². The highest BCUT2D eigenvalue weighted by Gasteiger charge is 2.34. The molecule has 0 fully saturated rings. The summed E-state index contributed by atoms with van der Waals surface area (Å²) in [6.07, 6.45) is 0.702. The van der Waals surface area contributed by atoms with Gasteiger partial charge in [0.15, 0.2) is 0 Å². The minimum atomic E-state index is -0.0807. The second kappa shape index (κ2) is 4.78. The summed E-state index contributed by atoms with van der Waals surface area (Å²) in [4.78, 5) is 17.5. The molecule has 0 saturated heterocycles. The lowest BCUT2D eigenvalue weighted by Crippen LogP contribution is -2.23. The maximum Gasteiger partial charge on any atom is 0.212 e. The zero-order chi connectivity index (χ0) is 16.1. The van der Waals surface area contributed by atoms with E-state index in [1.807, 2.05) is 50.4 Å². The highest BCUT2D eigenvalue weighted by atomic mass is 16.4. The van der Waals surface area contributed by atoms with Gasteiger partial charge in [-0.1, -0.05) is 36.3 Å². The van der Waals surface area contributed by atoms with E-state index < -0.39 is 0 Å². The topological polar surface area (TPSA) is 67.5 Å². The van der Waals surface area contributed by atoms with Crippen LogP contribution >= 0.6 is 0 Å². The molecule has 0 atom stereocenters. The van der Waals surface area contributed by atoms with Crippen LogP contribution in [0.4, 0.5) is 0 Å². The van der Waals surface area contributed by atoms with E-state index in [0.29, 0.717) is 34.6 Å². The molecule has 1 heterocycles. The van der Waals surface area contributed by atoms with Gasteiger partial charge < -0.3 is 9.77 Å². The van der Waals surface area contributed by atoms with E-state index in [1.165, 1.54) is 0 Å². The molecule has 23 heavy (non-hydrogen) atoms. The van der Waals surface area contributed by atoms with Gasteiger partial charge in [-0.15, -0.1) is 0 Å². The molecule has 0 amide bonds. The van der Waals surface area contributed by atoms with E-state index in [-0.39, 0.29) is 5.78 Å². The summed E-state index contributed by atoms with van der Waals surface area (Å²) in [5, 5.41) is 15.0.